The van der Waals surface area contributed by atoms with Crippen LogP contribution < -0.4 is 5.32 Å². The zero-order valence-corrected chi connectivity index (χ0v) is 12.3. The van der Waals surface area contributed by atoms with Gasteiger partial charge in [-0.15, -0.1) is 0 Å². The van der Waals surface area contributed by atoms with Gasteiger partial charge in [0.15, 0.2) is 0 Å². The maximum Gasteiger partial charge on any atom is 0.0657 e. The lowest BCUT2D eigenvalue weighted by atomic mass is 10.0. The van der Waals surface area contributed by atoms with E-state index in [2.05, 4.69) is 60.8 Å². The van der Waals surface area contributed by atoms with Gasteiger partial charge in [-0.05, 0) is 36.6 Å². The molecule has 1 unspecified atom stereocenters. The first-order chi connectivity index (χ1) is 9.81. The van der Waals surface area contributed by atoms with E-state index in [1.54, 1.807) is 7.11 Å². The number of hydrogen-bond acceptors (Lipinski definition) is 2. The Morgan fingerprint density at radius 3 is 2.40 bits per heavy atom. The Morgan fingerprint density at radius 1 is 1.00 bits per heavy atom. The molecule has 0 aliphatic carbocycles. The SMILES string of the molecule is COCC(NCCc1ccccc1C)c1ccccc1. The third-order valence-corrected chi connectivity index (χ3v) is 3.58. The summed E-state index contributed by atoms with van der Waals surface area (Å²) < 4.78 is 5.32. The number of hydrogen-bond donors (Lipinski definition) is 1. The highest BCUT2D eigenvalue weighted by Gasteiger charge is 2.09. The largest absolute Gasteiger partial charge is 0.383 e. The Hall–Kier alpha value is -1.64. The van der Waals surface area contributed by atoms with E-state index < -0.39 is 0 Å². The molecule has 0 amide bonds. The van der Waals surface area contributed by atoms with Crippen LogP contribution in [-0.2, 0) is 11.2 Å². The van der Waals surface area contributed by atoms with Crippen LogP contribution in [0.4, 0.5) is 0 Å². The molecule has 0 spiro atoms. The van der Waals surface area contributed by atoms with Crippen LogP contribution in [0.15, 0.2) is 54.6 Å². The van der Waals surface area contributed by atoms with E-state index in [0.29, 0.717) is 6.61 Å². The lowest BCUT2D eigenvalue weighted by Crippen LogP contribution is -2.27. The molecule has 0 saturated heterocycles. The fourth-order valence-electron chi connectivity index (χ4n) is 2.40. The molecule has 1 atom stereocenters. The summed E-state index contributed by atoms with van der Waals surface area (Å²) in [7, 11) is 1.75. The van der Waals surface area contributed by atoms with Gasteiger partial charge in [0.25, 0.3) is 0 Å². The molecule has 0 radical (unpaired) electrons. The van der Waals surface area contributed by atoms with E-state index in [9.17, 15) is 0 Å². The third kappa shape index (κ3) is 4.19. The second kappa shape index (κ2) is 7.83. The molecule has 0 aliphatic rings. The standard InChI is InChI=1S/C18H23NO/c1-15-8-6-7-9-16(15)12-13-19-18(14-20-2)17-10-4-3-5-11-17/h3-11,18-19H,12-14H2,1-2H3. The van der Waals surface area contributed by atoms with Crippen LogP contribution in [0.1, 0.15) is 22.7 Å². The van der Waals surface area contributed by atoms with E-state index in [-0.39, 0.29) is 6.04 Å². The molecule has 1 N–H and O–H groups in total. The average molecular weight is 269 g/mol. The lowest BCUT2D eigenvalue weighted by molar-refractivity contribution is 0.167. The van der Waals surface area contributed by atoms with E-state index in [1.807, 2.05) is 6.07 Å². The summed E-state index contributed by atoms with van der Waals surface area (Å²) in [6, 6.07) is 19.3. The molecular weight excluding hydrogens is 246 g/mol. The van der Waals surface area contributed by atoms with Gasteiger partial charge in [-0.3, -0.25) is 0 Å². The van der Waals surface area contributed by atoms with Crippen molar-refractivity contribution in [3.8, 4) is 0 Å². The van der Waals surface area contributed by atoms with Crippen molar-refractivity contribution >= 4 is 0 Å². The maximum atomic E-state index is 5.32. The van der Waals surface area contributed by atoms with E-state index in [0.717, 1.165) is 13.0 Å². The van der Waals surface area contributed by atoms with Crippen LogP contribution in [0.25, 0.3) is 0 Å². The van der Waals surface area contributed by atoms with Crippen LogP contribution in [-0.4, -0.2) is 20.3 Å². The average Bonchev–Trinajstić information content (AvgIpc) is 2.49. The Balaban J connectivity index is 1.92. The zero-order valence-electron chi connectivity index (χ0n) is 12.3. The smallest absolute Gasteiger partial charge is 0.0657 e. The topological polar surface area (TPSA) is 21.3 Å². The highest BCUT2D eigenvalue weighted by atomic mass is 16.5. The van der Waals surface area contributed by atoms with Gasteiger partial charge >= 0.3 is 0 Å². The monoisotopic (exact) mass is 269 g/mol. The highest BCUT2D eigenvalue weighted by molar-refractivity contribution is 5.26. The van der Waals surface area contributed by atoms with Gasteiger partial charge in [0.1, 0.15) is 0 Å². The van der Waals surface area contributed by atoms with Gasteiger partial charge in [0, 0.05) is 7.11 Å². The molecule has 2 aromatic carbocycles. The van der Waals surface area contributed by atoms with Crippen LogP contribution >= 0.6 is 0 Å². The van der Waals surface area contributed by atoms with Crippen molar-refractivity contribution in [1.29, 1.82) is 0 Å². The quantitative estimate of drug-likeness (QED) is 0.830. The maximum absolute atomic E-state index is 5.32. The molecule has 0 aromatic heterocycles. The van der Waals surface area contributed by atoms with Crippen LogP contribution in [0.5, 0.6) is 0 Å². The fraction of sp³-hybridized carbons (Fsp3) is 0.333. The minimum absolute atomic E-state index is 0.255. The molecule has 0 aliphatic heterocycles. The molecule has 0 bridgehead atoms. The first-order valence-corrected chi connectivity index (χ1v) is 7.13. The Bertz CT molecular complexity index is 510. The van der Waals surface area contributed by atoms with Gasteiger partial charge < -0.3 is 10.1 Å². The Morgan fingerprint density at radius 2 is 1.70 bits per heavy atom. The molecule has 0 heterocycles. The van der Waals surface area contributed by atoms with E-state index in [4.69, 9.17) is 4.74 Å². The predicted molar refractivity (Wildman–Crippen MR) is 83.9 cm³/mol. The molecule has 2 nitrogen and oxygen atoms in total. The van der Waals surface area contributed by atoms with Crippen molar-refractivity contribution in [2.75, 3.05) is 20.3 Å². The van der Waals surface area contributed by atoms with Crippen LogP contribution in [0, 0.1) is 6.92 Å². The number of benzene rings is 2. The van der Waals surface area contributed by atoms with Crippen molar-refractivity contribution in [2.24, 2.45) is 0 Å². The van der Waals surface area contributed by atoms with Gasteiger partial charge in [-0.2, -0.15) is 0 Å². The Labute approximate surface area is 121 Å². The molecule has 106 valence electrons. The first kappa shape index (κ1) is 14.8. The summed E-state index contributed by atoms with van der Waals surface area (Å²) >= 11 is 0. The number of methoxy groups -OCH3 is 1. The van der Waals surface area contributed by atoms with Crippen molar-refractivity contribution < 1.29 is 4.74 Å². The minimum atomic E-state index is 0.255. The molecule has 20 heavy (non-hydrogen) atoms. The van der Waals surface area contributed by atoms with Crippen molar-refractivity contribution in [2.45, 2.75) is 19.4 Å². The van der Waals surface area contributed by atoms with E-state index in [1.165, 1.54) is 16.7 Å². The zero-order chi connectivity index (χ0) is 14.2. The number of aryl methyl sites for hydroxylation is 1. The highest BCUT2D eigenvalue weighted by Crippen LogP contribution is 2.13. The fourth-order valence-corrected chi connectivity index (χ4v) is 2.40. The molecule has 2 heteroatoms. The third-order valence-electron chi connectivity index (χ3n) is 3.58. The molecule has 0 fully saturated rings. The van der Waals surface area contributed by atoms with Crippen LogP contribution in [0.3, 0.4) is 0 Å². The van der Waals surface area contributed by atoms with Gasteiger partial charge in [0.2, 0.25) is 0 Å². The minimum Gasteiger partial charge on any atom is -0.383 e. The lowest BCUT2D eigenvalue weighted by Gasteiger charge is -2.18. The summed E-state index contributed by atoms with van der Waals surface area (Å²) in [5, 5.41) is 3.59. The van der Waals surface area contributed by atoms with E-state index >= 15 is 0 Å². The first-order valence-electron chi connectivity index (χ1n) is 7.13. The summed E-state index contributed by atoms with van der Waals surface area (Å²) in [6.07, 6.45) is 1.04. The van der Waals surface area contributed by atoms with Crippen LogP contribution in [0.2, 0.25) is 0 Å². The predicted octanol–water partition coefficient (Wildman–Crippen LogP) is 3.51. The summed E-state index contributed by atoms with van der Waals surface area (Å²) in [5.41, 5.74) is 4.04. The molecule has 2 rings (SSSR count). The van der Waals surface area contributed by atoms with Crippen molar-refractivity contribution in [3.05, 3.63) is 71.3 Å². The van der Waals surface area contributed by atoms with Crippen molar-refractivity contribution in [3.63, 3.8) is 0 Å². The van der Waals surface area contributed by atoms with Gasteiger partial charge in [-0.25, -0.2) is 0 Å². The number of nitrogens with one attached hydrogen (secondary N) is 1. The van der Waals surface area contributed by atoms with Crippen molar-refractivity contribution in [1.82, 2.24) is 5.32 Å². The summed E-state index contributed by atoms with van der Waals surface area (Å²) in [4.78, 5) is 0. The van der Waals surface area contributed by atoms with Gasteiger partial charge in [-0.1, -0.05) is 54.6 Å². The molecule has 2 aromatic rings. The number of rotatable bonds is 7. The second-order valence-corrected chi connectivity index (χ2v) is 5.05. The molecule has 0 saturated carbocycles. The molecular formula is C18H23NO. The normalized spacial score (nSPS) is 12.3. The number of ether oxygens (including phenoxy) is 1. The van der Waals surface area contributed by atoms with Gasteiger partial charge in [0.05, 0.1) is 12.6 Å². The second-order valence-electron chi connectivity index (χ2n) is 5.05. The Kier molecular flexibility index (Phi) is 5.78. The summed E-state index contributed by atoms with van der Waals surface area (Å²) in [6.45, 7) is 3.81. The summed E-state index contributed by atoms with van der Waals surface area (Å²) in [5.74, 6) is 0.